The fourth-order valence-electron chi connectivity index (χ4n) is 2.97. The fourth-order valence-corrected chi connectivity index (χ4v) is 3.85. The van der Waals surface area contributed by atoms with Gasteiger partial charge in [0.25, 0.3) is 5.91 Å². The summed E-state index contributed by atoms with van der Waals surface area (Å²) in [5.74, 6) is 2.12. The van der Waals surface area contributed by atoms with E-state index in [0.717, 1.165) is 17.2 Å². The quantitative estimate of drug-likeness (QED) is 0.636. The average molecular weight is 423 g/mol. The Balaban J connectivity index is 1.41. The van der Waals surface area contributed by atoms with Crippen molar-refractivity contribution >= 4 is 29.2 Å². The minimum atomic E-state index is -0.368. The molecule has 9 heteroatoms. The van der Waals surface area contributed by atoms with Crippen LogP contribution in [0, 0.1) is 5.92 Å². The van der Waals surface area contributed by atoms with Crippen molar-refractivity contribution in [2.45, 2.75) is 23.9 Å². The van der Waals surface area contributed by atoms with Crippen molar-refractivity contribution < 1.29 is 14.3 Å². The minimum absolute atomic E-state index is 0.153. The summed E-state index contributed by atoms with van der Waals surface area (Å²) < 4.78 is 12.8. The number of allylic oxidation sites excluding steroid dienone is 3. The van der Waals surface area contributed by atoms with Crippen LogP contribution < -0.4 is 9.47 Å². The molecule has 2 unspecified atom stereocenters. The number of hydrogen-bond acceptors (Lipinski definition) is 7. The summed E-state index contributed by atoms with van der Waals surface area (Å²) in [6, 6.07) is 7.36. The molecule has 0 bridgehead atoms. The molecule has 2 heterocycles. The lowest BCUT2D eigenvalue weighted by Crippen LogP contribution is -2.30. The van der Waals surface area contributed by atoms with Gasteiger partial charge in [0.2, 0.25) is 0 Å². The topological polar surface area (TPSA) is 91.0 Å². The number of nitrogens with zero attached hydrogens (tertiary/aromatic N) is 5. The first-order valence-electron chi connectivity index (χ1n) is 9.43. The molecule has 1 amide bonds. The Morgan fingerprint density at radius 3 is 2.67 bits per heavy atom. The second kappa shape index (κ2) is 8.66. The third-order valence-electron chi connectivity index (χ3n) is 4.73. The van der Waals surface area contributed by atoms with Crippen LogP contribution in [0.15, 0.2) is 63.7 Å². The number of carbonyl (C=O) groups excluding carboxylic acids is 1. The van der Waals surface area contributed by atoms with Gasteiger partial charge in [0.05, 0.1) is 18.1 Å². The van der Waals surface area contributed by atoms with Gasteiger partial charge < -0.3 is 14.0 Å². The number of amidine groups is 1. The number of carbonyl (C=O) groups is 1. The minimum Gasteiger partial charge on any atom is -0.497 e. The molecule has 2 atom stereocenters. The average Bonchev–Trinajstić information content (AvgIpc) is 3.11. The van der Waals surface area contributed by atoms with E-state index in [1.54, 1.807) is 7.11 Å². The molecule has 0 radical (unpaired) electrons. The molecule has 1 aliphatic carbocycles. The van der Waals surface area contributed by atoms with Crippen LogP contribution in [-0.2, 0) is 18.4 Å². The summed E-state index contributed by atoms with van der Waals surface area (Å²) in [5, 5.41) is 9.02. The maximum Gasteiger partial charge on any atom is 0.260 e. The number of rotatable bonds is 7. The number of thioether (sulfide) groups is 1. The number of hydrogen-bond donors (Lipinski definition) is 0. The van der Waals surface area contributed by atoms with Crippen LogP contribution in [-0.4, -0.2) is 44.6 Å². The molecular weight excluding hydrogens is 402 g/mol. The van der Waals surface area contributed by atoms with E-state index in [9.17, 15) is 4.79 Å². The van der Waals surface area contributed by atoms with Gasteiger partial charge in [-0.15, -0.1) is 10.2 Å². The molecule has 154 valence electrons. The Hall–Kier alpha value is -3.20. The largest absolute Gasteiger partial charge is 0.497 e. The molecule has 1 aromatic carbocycles. The number of aliphatic imine (C=N–C) groups is 2. The second-order valence-electron chi connectivity index (χ2n) is 6.75. The van der Waals surface area contributed by atoms with E-state index in [1.807, 2.05) is 67.1 Å². The van der Waals surface area contributed by atoms with Crippen molar-refractivity contribution in [2.75, 3.05) is 7.11 Å². The number of methoxy groups -OCH3 is 1. The Morgan fingerprint density at radius 1 is 1.13 bits per heavy atom. The third-order valence-corrected chi connectivity index (χ3v) is 5.86. The highest BCUT2D eigenvalue weighted by molar-refractivity contribution is 8.00. The number of aromatic nitrogens is 3. The Labute approximate surface area is 178 Å². The van der Waals surface area contributed by atoms with Gasteiger partial charge in [-0.05, 0) is 37.3 Å². The zero-order chi connectivity index (χ0) is 21.1. The van der Waals surface area contributed by atoms with Crippen LogP contribution >= 0.6 is 11.8 Å². The van der Waals surface area contributed by atoms with Gasteiger partial charge in [-0.1, -0.05) is 30.0 Å². The van der Waals surface area contributed by atoms with Crippen LogP contribution in [0.4, 0.5) is 0 Å². The number of fused-ring (bicyclic) bond motifs is 1. The lowest BCUT2D eigenvalue weighted by Gasteiger charge is -2.20. The van der Waals surface area contributed by atoms with Gasteiger partial charge >= 0.3 is 0 Å². The first-order valence-corrected chi connectivity index (χ1v) is 10.3. The van der Waals surface area contributed by atoms with Crippen LogP contribution in [0.2, 0.25) is 0 Å². The molecule has 2 aromatic rings. The summed E-state index contributed by atoms with van der Waals surface area (Å²) in [7, 11) is 3.50. The van der Waals surface area contributed by atoms with Gasteiger partial charge in [-0.3, -0.25) is 4.79 Å². The van der Waals surface area contributed by atoms with Crippen molar-refractivity contribution in [3.8, 4) is 11.5 Å². The van der Waals surface area contributed by atoms with E-state index in [0.29, 0.717) is 16.8 Å². The van der Waals surface area contributed by atoms with Crippen LogP contribution in [0.3, 0.4) is 0 Å². The molecule has 0 fully saturated rings. The van der Waals surface area contributed by atoms with Crippen molar-refractivity contribution in [3.05, 3.63) is 54.4 Å². The lowest BCUT2D eigenvalue weighted by molar-refractivity contribution is -0.118. The zero-order valence-corrected chi connectivity index (χ0v) is 17.7. The summed E-state index contributed by atoms with van der Waals surface area (Å²) in [4.78, 5) is 21.1. The van der Waals surface area contributed by atoms with Gasteiger partial charge in [-0.25, -0.2) is 4.99 Å². The summed E-state index contributed by atoms with van der Waals surface area (Å²) >= 11 is 1.45. The normalized spacial score (nSPS) is 18.5. The second-order valence-corrected chi connectivity index (χ2v) is 8.06. The van der Waals surface area contributed by atoms with Crippen molar-refractivity contribution in [2.24, 2.45) is 23.0 Å². The predicted octanol–water partition coefficient (Wildman–Crippen LogP) is 3.01. The SMILES string of the molecule is COc1ccc(OCc2nnc(SC(C)C3=NC(=O)C4C=CC=CC4=N3)n2C)cc1. The predicted molar refractivity (Wildman–Crippen MR) is 115 cm³/mol. The molecule has 2 aliphatic rings. The van der Waals surface area contributed by atoms with E-state index >= 15 is 0 Å². The molecule has 0 saturated heterocycles. The molecular formula is C21H21N5O3S. The number of amides is 1. The maximum atomic E-state index is 12.3. The van der Waals surface area contributed by atoms with Gasteiger partial charge in [0.1, 0.15) is 29.9 Å². The highest BCUT2D eigenvalue weighted by Gasteiger charge is 2.29. The summed E-state index contributed by atoms with van der Waals surface area (Å²) in [6.07, 6.45) is 7.39. The lowest BCUT2D eigenvalue weighted by atomic mass is 9.96. The highest BCUT2D eigenvalue weighted by Crippen LogP contribution is 2.26. The van der Waals surface area contributed by atoms with Gasteiger partial charge in [0.15, 0.2) is 11.0 Å². The molecule has 4 rings (SSSR count). The molecule has 0 saturated carbocycles. The number of benzene rings is 1. The van der Waals surface area contributed by atoms with Gasteiger partial charge in [-0.2, -0.15) is 4.99 Å². The fraction of sp³-hybridized carbons (Fsp3) is 0.286. The smallest absolute Gasteiger partial charge is 0.260 e. The molecule has 30 heavy (non-hydrogen) atoms. The van der Waals surface area contributed by atoms with Crippen molar-refractivity contribution in [1.29, 1.82) is 0 Å². The first-order chi connectivity index (χ1) is 14.5. The van der Waals surface area contributed by atoms with E-state index in [1.165, 1.54) is 11.8 Å². The first kappa shape index (κ1) is 20.1. The molecule has 1 aromatic heterocycles. The molecule has 1 aliphatic heterocycles. The Morgan fingerprint density at radius 2 is 1.90 bits per heavy atom. The van der Waals surface area contributed by atoms with Crippen LogP contribution in [0.1, 0.15) is 12.7 Å². The van der Waals surface area contributed by atoms with Crippen LogP contribution in [0.25, 0.3) is 0 Å². The zero-order valence-electron chi connectivity index (χ0n) is 16.8. The third kappa shape index (κ3) is 4.20. The van der Waals surface area contributed by atoms with E-state index in [2.05, 4.69) is 20.2 Å². The Bertz CT molecular complexity index is 1070. The van der Waals surface area contributed by atoms with Crippen LogP contribution in [0.5, 0.6) is 11.5 Å². The molecule has 0 N–H and O–H groups in total. The van der Waals surface area contributed by atoms with E-state index < -0.39 is 0 Å². The standard InChI is InChI=1S/C21H21N5O3S/c1-13(19-22-17-7-5-4-6-16(17)20(27)23-19)30-21-25-24-18(26(21)2)12-29-15-10-8-14(28-3)9-11-15/h4-11,13,16H,12H2,1-3H3. The maximum absolute atomic E-state index is 12.3. The summed E-state index contributed by atoms with van der Waals surface area (Å²) in [6.45, 7) is 2.23. The molecule has 8 nitrogen and oxygen atoms in total. The monoisotopic (exact) mass is 423 g/mol. The van der Waals surface area contributed by atoms with E-state index in [-0.39, 0.29) is 23.7 Å². The highest BCUT2D eigenvalue weighted by atomic mass is 32.2. The summed E-state index contributed by atoms with van der Waals surface area (Å²) in [5.41, 5.74) is 0.728. The Kier molecular flexibility index (Phi) is 5.80. The van der Waals surface area contributed by atoms with Crippen molar-refractivity contribution in [1.82, 2.24) is 14.8 Å². The molecule has 0 spiro atoms. The van der Waals surface area contributed by atoms with Crippen molar-refractivity contribution in [3.63, 3.8) is 0 Å². The van der Waals surface area contributed by atoms with Gasteiger partial charge in [0, 0.05) is 7.05 Å². The van der Waals surface area contributed by atoms with E-state index in [4.69, 9.17) is 9.47 Å². The number of ether oxygens (including phenoxy) is 2.